The summed E-state index contributed by atoms with van der Waals surface area (Å²) in [5.41, 5.74) is 1.91. The van der Waals surface area contributed by atoms with Gasteiger partial charge in [0.05, 0.1) is 0 Å². The van der Waals surface area contributed by atoms with E-state index >= 15 is 0 Å². The van der Waals surface area contributed by atoms with Crippen LogP contribution in [0.3, 0.4) is 0 Å². The Balaban J connectivity index is 2.40. The maximum Gasteiger partial charge on any atom is 0.256 e. The van der Waals surface area contributed by atoms with Gasteiger partial charge in [0.2, 0.25) is 0 Å². The summed E-state index contributed by atoms with van der Waals surface area (Å²) >= 11 is 0. The van der Waals surface area contributed by atoms with Crippen molar-refractivity contribution in [3.63, 3.8) is 0 Å². The summed E-state index contributed by atoms with van der Waals surface area (Å²) in [6, 6.07) is 4.12. The van der Waals surface area contributed by atoms with Crippen LogP contribution < -0.4 is 0 Å². The summed E-state index contributed by atoms with van der Waals surface area (Å²) in [5.74, 6) is 1.59. The molecule has 1 saturated heterocycles. The predicted molar refractivity (Wildman–Crippen MR) is 66.3 cm³/mol. The third-order valence-corrected chi connectivity index (χ3v) is 3.58. The standard InChI is InChI=1S/C14H20O2/c1-9-7-13(8-10(2)14(9)15)16-11(3)5-6-12(16)4/h7-8,11-12H,5-6H2,1-4H3/p+1. The fraction of sp³-hybridized carbons (Fsp3) is 0.571. The molecular weight excluding hydrogens is 200 g/mol. The van der Waals surface area contributed by atoms with E-state index in [2.05, 4.69) is 30.3 Å². The largest absolute Gasteiger partial charge is 0.568 e. The lowest BCUT2D eigenvalue weighted by molar-refractivity contribution is -0.111. The van der Waals surface area contributed by atoms with E-state index in [1.807, 2.05) is 13.8 Å². The van der Waals surface area contributed by atoms with Crippen LogP contribution in [0, 0.1) is 13.8 Å². The van der Waals surface area contributed by atoms with Crippen molar-refractivity contribution in [2.45, 2.75) is 52.7 Å². The van der Waals surface area contributed by atoms with Crippen LogP contribution >= 0.6 is 0 Å². The first-order chi connectivity index (χ1) is 7.50. The molecule has 1 aliphatic heterocycles. The topological polar surface area (TPSA) is 22.9 Å². The highest BCUT2D eigenvalue weighted by atomic mass is 16.7. The number of phenols is 1. The molecule has 2 rings (SSSR count). The highest BCUT2D eigenvalue weighted by Gasteiger charge is 2.34. The molecule has 0 bridgehead atoms. The molecule has 1 aromatic carbocycles. The third-order valence-electron chi connectivity index (χ3n) is 3.58. The van der Waals surface area contributed by atoms with Crippen LogP contribution in [0.15, 0.2) is 12.1 Å². The van der Waals surface area contributed by atoms with Crippen molar-refractivity contribution in [2.24, 2.45) is 0 Å². The van der Waals surface area contributed by atoms with Gasteiger partial charge < -0.3 is 9.47 Å². The summed E-state index contributed by atoms with van der Waals surface area (Å²) < 4.78 is 3.37. The normalized spacial score (nSPS) is 25.1. The van der Waals surface area contributed by atoms with E-state index in [9.17, 15) is 5.11 Å². The molecule has 16 heavy (non-hydrogen) atoms. The van der Waals surface area contributed by atoms with Gasteiger partial charge in [-0.3, -0.25) is 0 Å². The minimum Gasteiger partial charge on any atom is -0.568 e. The lowest BCUT2D eigenvalue weighted by Crippen LogP contribution is -2.18. The monoisotopic (exact) mass is 221 g/mol. The van der Waals surface area contributed by atoms with Crippen molar-refractivity contribution in [1.82, 2.24) is 0 Å². The van der Waals surface area contributed by atoms with Crippen LogP contribution in [0.5, 0.6) is 11.5 Å². The molecule has 1 fully saturated rings. The van der Waals surface area contributed by atoms with Gasteiger partial charge in [-0.15, -0.1) is 0 Å². The molecule has 0 radical (unpaired) electrons. The number of benzene rings is 1. The Morgan fingerprint density at radius 3 is 1.94 bits per heavy atom. The molecule has 2 unspecified atom stereocenters. The first-order valence-electron chi connectivity index (χ1n) is 6.03. The second-order valence-electron chi connectivity index (χ2n) is 4.98. The molecule has 1 heterocycles. The molecule has 0 aliphatic carbocycles. The smallest absolute Gasteiger partial charge is 0.256 e. The van der Waals surface area contributed by atoms with E-state index in [4.69, 9.17) is 0 Å². The second kappa shape index (κ2) is 4.00. The van der Waals surface area contributed by atoms with Gasteiger partial charge in [-0.2, -0.15) is 0 Å². The zero-order valence-electron chi connectivity index (χ0n) is 10.6. The molecule has 1 aliphatic rings. The van der Waals surface area contributed by atoms with Crippen molar-refractivity contribution in [2.75, 3.05) is 0 Å². The maximum absolute atomic E-state index is 9.78. The molecule has 0 saturated carbocycles. The molecule has 1 aromatic rings. The Morgan fingerprint density at radius 2 is 1.50 bits per heavy atom. The van der Waals surface area contributed by atoms with Crippen LogP contribution in [0.25, 0.3) is 0 Å². The van der Waals surface area contributed by atoms with E-state index in [-0.39, 0.29) is 0 Å². The summed E-state index contributed by atoms with van der Waals surface area (Å²) in [4.78, 5) is 0. The van der Waals surface area contributed by atoms with Gasteiger partial charge in [0, 0.05) is 49.9 Å². The molecule has 2 atom stereocenters. The van der Waals surface area contributed by atoms with Gasteiger partial charge in [0.25, 0.3) is 5.75 Å². The minimum absolute atomic E-state index is 0.420. The van der Waals surface area contributed by atoms with Crippen LogP contribution in [0.1, 0.15) is 37.8 Å². The fourth-order valence-electron chi connectivity index (χ4n) is 2.64. The first-order valence-corrected chi connectivity index (χ1v) is 6.03. The molecule has 1 N–H and O–H groups in total. The number of aromatic hydroxyl groups is 1. The van der Waals surface area contributed by atoms with E-state index in [0.29, 0.717) is 18.0 Å². The van der Waals surface area contributed by atoms with E-state index in [1.54, 1.807) is 0 Å². The van der Waals surface area contributed by atoms with Crippen molar-refractivity contribution < 1.29 is 9.47 Å². The Morgan fingerprint density at radius 1 is 1.06 bits per heavy atom. The van der Waals surface area contributed by atoms with Gasteiger partial charge in [-0.25, -0.2) is 0 Å². The number of aryl methyl sites for hydroxylation is 2. The molecule has 0 aromatic heterocycles. The zero-order valence-corrected chi connectivity index (χ0v) is 10.6. The number of rotatable bonds is 1. The van der Waals surface area contributed by atoms with Gasteiger partial charge in [0.15, 0.2) is 12.2 Å². The van der Waals surface area contributed by atoms with E-state index in [1.165, 1.54) is 18.6 Å². The Bertz CT molecular complexity index is 365. The van der Waals surface area contributed by atoms with Gasteiger partial charge in [0.1, 0.15) is 5.75 Å². The van der Waals surface area contributed by atoms with Crippen molar-refractivity contribution in [3.8, 4) is 11.5 Å². The third kappa shape index (κ3) is 1.77. The molecule has 2 nitrogen and oxygen atoms in total. The van der Waals surface area contributed by atoms with Crippen LogP contribution in [-0.4, -0.2) is 17.3 Å². The van der Waals surface area contributed by atoms with Crippen LogP contribution in [0.2, 0.25) is 0 Å². The van der Waals surface area contributed by atoms with Crippen molar-refractivity contribution >= 4 is 0 Å². The lowest BCUT2D eigenvalue weighted by atomic mass is 10.1. The van der Waals surface area contributed by atoms with Gasteiger partial charge in [-0.1, -0.05) is 0 Å². The highest BCUT2D eigenvalue weighted by Crippen LogP contribution is 2.41. The average Bonchev–Trinajstić information content (AvgIpc) is 2.54. The fourth-order valence-corrected chi connectivity index (χ4v) is 2.64. The predicted octanol–water partition coefficient (Wildman–Crippen LogP) is 3.85. The number of hydrogen-bond donors (Lipinski definition) is 1. The van der Waals surface area contributed by atoms with Crippen LogP contribution in [0.4, 0.5) is 0 Å². The van der Waals surface area contributed by atoms with Gasteiger partial charge in [-0.05, 0) is 13.8 Å². The summed E-state index contributed by atoms with van der Waals surface area (Å²) in [6.45, 7) is 8.40. The first kappa shape index (κ1) is 11.3. The molecule has 0 spiro atoms. The highest BCUT2D eigenvalue weighted by molar-refractivity contribution is 5.45. The summed E-state index contributed by atoms with van der Waals surface area (Å²) in [6.07, 6.45) is 3.51. The van der Waals surface area contributed by atoms with Crippen molar-refractivity contribution in [1.29, 1.82) is 0 Å². The number of phenolic OH excluding ortho intramolecular Hbond substituents is 1. The Kier molecular flexibility index (Phi) is 2.83. The quantitative estimate of drug-likeness (QED) is 0.715. The van der Waals surface area contributed by atoms with Crippen molar-refractivity contribution in [3.05, 3.63) is 23.3 Å². The lowest BCUT2D eigenvalue weighted by Gasteiger charge is -2.29. The Labute approximate surface area is 97.6 Å². The number of hydrogen-bond acceptors (Lipinski definition) is 1. The molecule has 0 amide bonds. The second-order valence-corrected chi connectivity index (χ2v) is 4.98. The zero-order chi connectivity index (χ0) is 11.9. The van der Waals surface area contributed by atoms with E-state index in [0.717, 1.165) is 11.1 Å². The van der Waals surface area contributed by atoms with E-state index < -0.39 is 0 Å². The summed E-state index contributed by atoms with van der Waals surface area (Å²) in [5, 5.41) is 9.78. The molecule has 2 heteroatoms. The minimum atomic E-state index is 0.420. The Hall–Kier alpha value is -1.18. The van der Waals surface area contributed by atoms with Crippen LogP contribution in [-0.2, 0) is 4.37 Å². The average molecular weight is 221 g/mol. The molecular formula is C14H21O2+. The van der Waals surface area contributed by atoms with Gasteiger partial charge >= 0.3 is 0 Å². The SMILES string of the molecule is Cc1cc([O+]2C(C)CCC2C)cc(C)c1O. The maximum atomic E-state index is 9.78. The summed E-state index contributed by atoms with van der Waals surface area (Å²) in [7, 11) is 0. The molecule has 88 valence electrons.